The standard InChI is InChI=1S/C16H22O2Si/c1-3-4-9-15-12-8-13-19(15,18-14(2)17)16-10-6-5-7-11-16/h5-7,10-12H,3-4,8-9,13H2,1-2H3/t19-/m0/s1. The normalized spacial score (nSPS) is 22.1. The lowest BCUT2D eigenvalue weighted by Gasteiger charge is -2.29. The van der Waals surface area contributed by atoms with E-state index in [9.17, 15) is 4.79 Å². The molecule has 0 aliphatic carbocycles. The molecule has 1 aromatic carbocycles. The van der Waals surface area contributed by atoms with Gasteiger partial charge in [0.05, 0.1) is 0 Å². The van der Waals surface area contributed by atoms with Gasteiger partial charge in [-0.25, -0.2) is 0 Å². The van der Waals surface area contributed by atoms with Crippen LogP contribution >= 0.6 is 0 Å². The van der Waals surface area contributed by atoms with Crippen molar-refractivity contribution in [1.29, 1.82) is 0 Å². The Balaban J connectivity index is 2.35. The average molecular weight is 274 g/mol. The highest BCUT2D eigenvalue weighted by Crippen LogP contribution is 2.33. The Morgan fingerprint density at radius 3 is 2.68 bits per heavy atom. The molecule has 0 N–H and O–H groups in total. The monoisotopic (exact) mass is 274 g/mol. The third kappa shape index (κ3) is 2.98. The van der Waals surface area contributed by atoms with E-state index in [1.807, 2.05) is 18.2 Å². The lowest BCUT2D eigenvalue weighted by molar-refractivity contribution is -0.132. The summed E-state index contributed by atoms with van der Waals surface area (Å²) in [5.41, 5.74) is 0. The van der Waals surface area contributed by atoms with E-state index in [2.05, 4.69) is 25.1 Å². The summed E-state index contributed by atoms with van der Waals surface area (Å²) in [4.78, 5) is 11.6. The highest BCUT2D eigenvalue weighted by Gasteiger charge is 2.45. The second-order valence-electron chi connectivity index (χ2n) is 5.16. The fraction of sp³-hybridized carbons (Fsp3) is 0.438. The minimum atomic E-state index is -2.23. The van der Waals surface area contributed by atoms with Crippen molar-refractivity contribution in [1.82, 2.24) is 0 Å². The maximum Gasteiger partial charge on any atom is 0.314 e. The summed E-state index contributed by atoms with van der Waals surface area (Å²) in [5.74, 6) is -0.139. The summed E-state index contributed by atoms with van der Waals surface area (Å²) >= 11 is 0. The first-order chi connectivity index (χ1) is 9.19. The fourth-order valence-electron chi connectivity index (χ4n) is 2.90. The van der Waals surface area contributed by atoms with E-state index >= 15 is 0 Å². The minimum absolute atomic E-state index is 0.139. The molecule has 1 aromatic rings. The van der Waals surface area contributed by atoms with Crippen molar-refractivity contribution in [2.45, 2.75) is 45.6 Å². The maximum absolute atomic E-state index is 11.6. The topological polar surface area (TPSA) is 26.3 Å². The van der Waals surface area contributed by atoms with Crippen LogP contribution in [0.3, 0.4) is 0 Å². The van der Waals surface area contributed by atoms with Crippen molar-refractivity contribution in [3.63, 3.8) is 0 Å². The predicted molar refractivity (Wildman–Crippen MR) is 80.6 cm³/mol. The first kappa shape index (κ1) is 14.1. The van der Waals surface area contributed by atoms with E-state index in [1.165, 1.54) is 30.1 Å². The Morgan fingerprint density at radius 2 is 2.05 bits per heavy atom. The van der Waals surface area contributed by atoms with Gasteiger partial charge in [-0.3, -0.25) is 4.79 Å². The van der Waals surface area contributed by atoms with Crippen LogP contribution < -0.4 is 5.19 Å². The molecule has 0 saturated carbocycles. The van der Waals surface area contributed by atoms with Crippen LogP contribution in [-0.2, 0) is 9.22 Å². The van der Waals surface area contributed by atoms with Gasteiger partial charge >= 0.3 is 8.32 Å². The Kier molecular flexibility index (Phi) is 4.59. The summed E-state index contributed by atoms with van der Waals surface area (Å²) in [6, 6.07) is 11.4. The second-order valence-corrected chi connectivity index (χ2v) is 8.74. The number of hydrogen-bond acceptors (Lipinski definition) is 2. The maximum atomic E-state index is 11.6. The smallest absolute Gasteiger partial charge is 0.314 e. The molecule has 3 heteroatoms. The molecule has 0 fully saturated rings. The van der Waals surface area contributed by atoms with E-state index in [1.54, 1.807) is 0 Å². The fourth-order valence-corrected chi connectivity index (χ4v) is 7.06. The Bertz CT molecular complexity index is 467. The van der Waals surface area contributed by atoms with Crippen LogP contribution in [-0.4, -0.2) is 14.3 Å². The van der Waals surface area contributed by atoms with Crippen molar-refractivity contribution < 1.29 is 9.22 Å². The van der Waals surface area contributed by atoms with Gasteiger partial charge in [-0.05, 0) is 29.3 Å². The third-order valence-corrected chi connectivity index (χ3v) is 8.15. The average Bonchev–Trinajstić information content (AvgIpc) is 2.80. The molecule has 1 aliphatic rings. The van der Waals surface area contributed by atoms with E-state index < -0.39 is 8.32 Å². The number of allylic oxidation sites excluding steroid dienone is 2. The molecule has 1 atom stereocenters. The lowest BCUT2D eigenvalue weighted by Crippen LogP contribution is -2.52. The molecule has 1 aliphatic heterocycles. The van der Waals surface area contributed by atoms with Gasteiger partial charge in [0.2, 0.25) is 0 Å². The van der Waals surface area contributed by atoms with E-state index in [0.717, 1.165) is 18.9 Å². The molecular formula is C16H22O2Si. The quantitative estimate of drug-likeness (QED) is 0.769. The summed E-state index contributed by atoms with van der Waals surface area (Å²) in [7, 11) is -2.23. The highest BCUT2D eigenvalue weighted by molar-refractivity contribution is 6.94. The van der Waals surface area contributed by atoms with Crippen LogP contribution in [0.1, 0.15) is 39.5 Å². The first-order valence-electron chi connectivity index (χ1n) is 7.13. The van der Waals surface area contributed by atoms with Crippen LogP contribution in [0, 0.1) is 0 Å². The Labute approximate surface area is 116 Å². The summed E-state index contributed by atoms with van der Waals surface area (Å²) < 4.78 is 5.93. The molecule has 0 saturated heterocycles. The third-order valence-electron chi connectivity index (χ3n) is 3.76. The van der Waals surface area contributed by atoms with Crippen LogP contribution in [0.2, 0.25) is 6.04 Å². The lowest BCUT2D eigenvalue weighted by atomic mass is 10.2. The SMILES string of the molecule is CCCCC1=CCC[Si@@]1(OC(C)=O)c1ccccc1. The molecule has 0 spiro atoms. The summed E-state index contributed by atoms with van der Waals surface area (Å²) in [5, 5.41) is 2.65. The van der Waals surface area contributed by atoms with Gasteiger partial charge in [0.15, 0.2) is 0 Å². The first-order valence-corrected chi connectivity index (χ1v) is 9.25. The largest absolute Gasteiger partial charge is 0.511 e. The zero-order chi connectivity index (χ0) is 13.7. The Morgan fingerprint density at radius 1 is 1.32 bits per heavy atom. The second kappa shape index (κ2) is 6.20. The van der Waals surface area contributed by atoms with E-state index in [4.69, 9.17) is 4.43 Å². The highest BCUT2D eigenvalue weighted by atomic mass is 28.4. The van der Waals surface area contributed by atoms with Crippen molar-refractivity contribution in [3.05, 3.63) is 41.6 Å². The van der Waals surface area contributed by atoms with E-state index in [-0.39, 0.29) is 5.97 Å². The van der Waals surface area contributed by atoms with Crippen molar-refractivity contribution in [3.8, 4) is 0 Å². The van der Waals surface area contributed by atoms with Gasteiger partial charge in [-0.15, -0.1) is 0 Å². The van der Waals surface area contributed by atoms with Crippen LogP contribution in [0.4, 0.5) is 0 Å². The van der Waals surface area contributed by atoms with Gasteiger partial charge in [0.1, 0.15) is 0 Å². The molecule has 0 amide bonds. The minimum Gasteiger partial charge on any atom is -0.511 e. The number of benzene rings is 1. The number of unbranched alkanes of at least 4 members (excludes halogenated alkanes) is 1. The molecule has 0 aromatic heterocycles. The molecule has 0 bridgehead atoms. The molecule has 2 nitrogen and oxygen atoms in total. The molecule has 2 rings (SSSR count). The van der Waals surface area contributed by atoms with Crippen LogP contribution in [0.5, 0.6) is 0 Å². The number of hydrogen-bond donors (Lipinski definition) is 0. The van der Waals surface area contributed by atoms with Crippen LogP contribution in [0.15, 0.2) is 41.6 Å². The molecule has 0 radical (unpaired) electrons. The molecule has 19 heavy (non-hydrogen) atoms. The van der Waals surface area contributed by atoms with Crippen LogP contribution in [0.25, 0.3) is 0 Å². The summed E-state index contributed by atoms with van der Waals surface area (Å²) in [6.07, 6.45) is 6.79. The summed E-state index contributed by atoms with van der Waals surface area (Å²) in [6.45, 7) is 3.74. The van der Waals surface area contributed by atoms with Crippen molar-refractivity contribution in [2.75, 3.05) is 0 Å². The molecular weight excluding hydrogens is 252 g/mol. The van der Waals surface area contributed by atoms with Crippen molar-refractivity contribution in [2.24, 2.45) is 0 Å². The number of carbonyl (C=O) groups is 1. The Hall–Kier alpha value is -1.35. The number of rotatable bonds is 5. The van der Waals surface area contributed by atoms with Crippen molar-refractivity contribution >= 4 is 19.5 Å². The van der Waals surface area contributed by atoms with Gasteiger partial charge in [0.25, 0.3) is 5.97 Å². The zero-order valence-electron chi connectivity index (χ0n) is 11.8. The zero-order valence-corrected chi connectivity index (χ0v) is 12.8. The predicted octanol–water partition coefficient (Wildman–Crippen LogP) is 3.46. The molecule has 102 valence electrons. The van der Waals surface area contributed by atoms with Gasteiger partial charge in [0, 0.05) is 6.92 Å². The van der Waals surface area contributed by atoms with E-state index in [0.29, 0.717) is 0 Å². The van der Waals surface area contributed by atoms with Gasteiger partial charge in [-0.1, -0.05) is 56.2 Å². The van der Waals surface area contributed by atoms with Gasteiger partial charge in [-0.2, -0.15) is 0 Å². The number of carbonyl (C=O) groups excluding carboxylic acids is 1. The molecule has 0 unspecified atom stereocenters. The van der Waals surface area contributed by atoms with Gasteiger partial charge < -0.3 is 4.43 Å². The molecule has 1 heterocycles.